The predicted octanol–water partition coefficient (Wildman–Crippen LogP) is 4.32. The van der Waals surface area contributed by atoms with Gasteiger partial charge in [0.15, 0.2) is 0 Å². The Kier molecular flexibility index (Phi) is 2.75. The van der Waals surface area contributed by atoms with Crippen molar-refractivity contribution < 1.29 is 0 Å². The Morgan fingerprint density at radius 2 is 1.62 bits per heavy atom. The summed E-state index contributed by atoms with van der Waals surface area (Å²) < 4.78 is 0. The number of rotatable bonds is 2. The normalized spacial score (nSPS) is 16.0. The van der Waals surface area contributed by atoms with Crippen LogP contribution in [0.5, 0.6) is 0 Å². The zero-order chi connectivity index (χ0) is 11.8. The second-order valence-electron chi connectivity index (χ2n) is 5.26. The van der Waals surface area contributed by atoms with Crippen molar-refractivity contribution in [2.75, 3.05) is 0 Å². The van der Waals surface area contributed by atoms with E-state index in [2.05, 4.69) is 70.2 Å². The van der Waals surface area contributed by atoms with Crippen LogP contribution in [-0.2, 0) is 5.41 Å². The molecule has 1 aromatic carbocycles. The van der Waals surface area contributed by atoms with Crippen LogP contribution in [0.1, 0.15) is 30.5 Å². The molecule has 0 saturated carbocycles. The monoisotopic (exact) mass is 212 g/mol. The van der Waals surface area contributed by atoms with Crippen LogP contribution in [0.2, 0.25) is 0 Å². The zero-order valence-electron chi connectivity index (χ0n) is 10.6. The van der Waals surface area contributed by atoms with Crippen molar-refractivity contribution in [2.45, 2.75) is 33.1 Å². The highest BCUT2D eigenvalue weighted by Crippen LogP contribution is 2.37. The highest BCUT2D eigenvalue weighted by molar-refractivity contribution is 5.41. The first-order valence-electron chi connectivity index (χ1n) is 5.95. The average molecular weight is 212 g/mol. The van der Waals surface area contributed by atoms with E-state index >= 15 is 0 Å². The van der Waals surface area contributed by atoms with Crippen LogP contribution in [0.15, 0.2) is 42.5 Å². The van der Waals surface area contributed by atoms with Gasteiger partial charge in [0.1, 0.15) is 0 Å². The molecule has 1 aliphatic carbocycles. The fourth-order valence-corrected chi connectivity index (χ4v) is 2.54. The predicted molar refractivity (Wildman–Crippen MR) is 70.7 cm³/mol. The number of allylic oxidation sites excluding steroid dienone is 4. The molecule has 0 heterocycles. The molecule has 0 nitrogen and oxygen atoms in total. The summed E-state index contributed by atoms with van der Waals surface area (Å²) in [6, 6.07) is 6.62. The fourth-order valence-electron chi connectivity index (χ4n) is 2.54. The highest BCUT2D eigenvalue weighted by Gasteiger charge is 2.30. The first kappa shape index (κ1) is 11.2. The van der Waals surface area contributed by atoms with Gasteiger partial charge in [0.05, 0.1) is 0 Å². The van der Waals surface area contributed by atoms with Crippen LogP contribution in [0.25, 0.3) is 0 Å². The first-order chi connectivity index (χ1) is 7.53. The van der Waals surface area contributed by atoms with E-state index in [9.17, 15) is 0 Å². The molecule has 0 fully saturated rings. The quantitative estimate of drug-likeness (QED) is 0.684. The molecule has 0 heteroatoms. The third-order valence-corrected chi connectivity index (χ3v) is 3.88. The lowest BCUT2D eigenvalue weighted by Crippen LogP contribution is -2.26. The molecule has 16 heavy (non-hydrogen) atoms. The van der Waals surface area contributed by atoms with E-state index in [1.807, 2.05) is 0 Å². The molecule has 0 bridgehead atoms. The van der Waals surface area contributed by atoms with Crippen molar-refractivity contribution in [3.8, 4) is 0 Å². The summed E-state index contributed by atoms with van der Waals surface area (Å²) in [5.41, 5.74) is 4.46. The number of hydrogen-bond donors (Lipinski definition) is 0. The number of benzene rings is 1. The maximum absolute atomic E-state index is 2.33. The maximum atomic E-state index is 2.33. The van der Waals surface area contributed by atoms with Crippen molar-refractivity contribution >= 4 is 0 Å². The summed E-state index contributed by atoms with van der Waals surface area (Å²) in [6.07, 6.45) is 8.89. The van der Waals surface area contributed by atoms with E-state index in [0.717, 1.165) is 0 Å². The summed E-state index contributed by atoms with van der Waals surface area (Å²) in [7, 11) is 0. The maximum Gasteiger partial charge on any atom is 0.00446 e. The summed E-state index contributed by atoms with van der Waals surface area (Å²) in [4.78, 5) is 0. The largest absolute Gasteiger partial charge is 0.0768 e. The Morgan fingerprint density at radius 3 is 2.25 bits per heavy atom. The minimum absolute atomic E-state index is 0.180. The van der Waals surface area contributed by atoms with Gasteiger partial charge in [-0.25, -0.2) is 0 Å². The molecule has 0 aliphatic heterocycles. The van der Waals surface area contributed by atoms with Crippen molar-refractivity contribution in [3.63, 3.8) is 0 Å². The van der Waals surface area contributed by atoms with Crippen molar-refractivity contribution in [1.29, 1.82) is 0 Å². The molecule has 2 rings (SSSR count). The van der Waals surface area contributed by atoms with Gasteiger partial charge < -0.3 is 0 Å². The van der Waals surface area contributed by atoms with Crippen LogP contribution < -0.4 is 0 Å². The first-order valence-corrected chi connectivity index (χ1v) is 5.95. The minimum atomic E-state index is 0.180. The Balaban J connectivity index is 2.46. The second-order valence-corrected chi connectivity index (χ2v) is 5.26. The standard InChI is InChI=1S/C16H20/c1-12-8-7-11-15(13(12)2)16(3,4)14-9-5-6-10-14/h5-11,14H,1-4H3. The molecule has 0 amide bonds. The Labute approximate surface area is 98.7 Å². The molecule has 0 atom stereocenters. The van der Waals surface area contributed by atoms with Crippen LogP contribution >= 0.6 is 0 Å². The third kappa shape index (κ3) is 1.73. The van der Waals surface area contributed by atoms with E-state index in [1.54, 1.807) is 0 Å². The topological polar surface area (TPSA) is 0 Å². The summed E-state index contributed by atoms with van der Waals surface area (Å²) >= 11 is 0. The lowest BCUT2D eigenvalue weighted by molar-refractivity contribution is 0.445. The molecule has 0 aromatic heterocycles. The van der Waals surface area contributed by atoms with E-state index in [-0.39, 0.29) is 5.41 Å². The molecule has 84 valence electrons. The van der Waals surface area contributed by atoms with Gasteiger partial charge in [0.2, 0.25) is 0 Å². The van der Waals surface area contributed by atoms with Gasteiger partial charge in [-0.05, 0) is 36.0 Å². The molecule has 0 N–H and O–H groups in total. The van der Waals surface area contributed by atoms with Gasteiger partial charge in [-0.1, -0.05) is 56.4 Å². The smallest absolute Gasteiger partial charge is 0.00446 e. The SMILES string of the molecule is Cc1cccc(C(C)(C)C2C=CC=C2)c1C. The fraction of sp³-hybridized carbons (Fsp3) is 0.375. The Morgan fingerprint density at radius 1 is 1.00 bits per heavy atom. The van der Waals surface area contributed by atoms with Gasteiger partial charge in [-0.3, -0.25) is 0 Å². The average Bonchev–Trinajstić information content (AvgIpc) is 2.75. The van der Waals surface area contributed by atoms with Gasteiger partial charge in [0, 0.05) is 5.92 Å². The number of hydrogen-bond acceptors (Lipinski definition) is 0. The van der Waals surface area contributed by atoms with Crippen molar-refractivity contribution in [3.05, 3.63) is 59.2 Å². The van der Waals surface area contributed by atoms with Crippen LogP contribution in [0.3, 0.4) is 0 Å². The van der Waals surface area contributed by atoms with Crippen molar-refractivity contribution in [2.24, 2.45) is 5.92 Å². The molecular formula is C16H20. The molecule has 1 aromatic rings. The Bertz CT molecular complexity index is 435. The zero-order valence-corrected chi connectivity index (χ0v) is 10.6. The van der Waals surface area contributed by atoms with Gasteiger partial charge in [-0.2, -0.15) is 0 Å². The summed E-state index contributed by atoms with van der Waals surface area (Å²) in [6.45, 7) is 9.09. The van der Waals surface area contributed by atoms with E-state index in [0.29, 0.717) is 5.92 Å². The van der Waals surface area contributed by atoms with Crippen LogP contribution in [0.4, 0.5) is 0 Å². The molecule has 0 radical (unpaired) electrons. The number of aryl methyl sites for hydroxylation is 1. The lowest BCUT2D eigenvalue weighted by Gasteiger charge is -2.32. The van der Waals surface area contributed by atoms with Crippen LogP contribution in [0, 0.1) is 19.8 Å². The van der Waals surface area contributed by atoms with E-state index in [1.165, 1.54) is 16.7 Å². The third-order valence-electron chi connectivity index (χ3n) is 3.88. The lowest BCUT2D eigenvalue weighted by atomic mass is 9.72. The van der Waals surface area contributed by atoms with Gasteiger partial charge >= 0.3 is 0 Å². The molecular weight excluding hydrogens is 192 g/mol. The van der Waals surface area contributed by atoms with Gasteiger partial charge in [0.25, 0.3) is 0 Å². The Hall–Kier alpha value is -1.30. The van der Waals surface area contributed by atoms with Gasteiger partial charge in [-0.15, -0.1) is 0 Å². The second kappa shape index (κ2) is 3.93. The van der Waals surface area contributed by atoms with Crippen LogP contribution in [-0.4, -0.2) is 0 Å². The summed E-state index contributed by atoms with van der Waals surface area (Å²) in [5, 5.41) is 0. The minimum Gasteiger partial charge on any atom is -0.0768 e. The van der Waals surface area contributed by atoms with Crippen molar-refractivity contribution in [1.82, 2.24) is 0 Å². The van der Waals surface area contributed by atoms with E-state index in [4.69, 9.17) is 0 Å². The molecule has 1 aliphatic rings. The molecule has 0 spiro atoms. The summed E-state index contributed by atoms with van der Waals surface area (Å²) in [5.74, 6) is 0.521. The van der Waals surface area contributed by atoms with E-state index < -0.39 is 0 Å². The highest BCUT2D eigenvalue weighted by atomic mass is 14.3. The molecule has 0 unspecified atom stereocenters. The molecule has 0 saturated heterocycles.